The molecule has 0 bridgehead atoms. The van der Waals surface area contributed by atoms with Crippen LogP contribution >= 0.6 is 0 Å². The molecule has 0 rings (SSSR count). The Labute approximate surface area is 113 Å². The third-order valence-corrected chi connectivity index (χ3v) is 4.59. The van der Waals surface area contributed by atoms with Gasteiger partial charge in [0, 0.05) is 0 Å². The molecular weight excluding hydrogens is 276 g/mol. The average Bonchev–Trinajstić information content (AvgIpc) is 2.30. The van der Waals surface area contributed by atoms with E-state index in [9.17, 15) is 13.3 Å². The Balaban J connectivity index is 4.72. The Morgan fingerprint density at radius 1 is 1.06 bits per heavy atom. The molecule has 0 radical (unpaired) electrons. The van der Waals surface area contributed by atoms with Crippen molar-refractivity contribution in [3.63, 3.8) is 0 Å². The van der Waals surface area contributed by atoms with E-state index in [-0.39, 0.29) is 13.2 Å². The molecular formula is C11H22O6Ti. The number of Topliss-reactive ketones (excluding diaryl/α,β-unsaturated/α-hetero) is 2. The third-order valence-electron chi connectivity index (χ3n) is 1.98. The second-order valence-electron chi connectivity index (χ2n) is 3.94. The number of carbonyl (C=O) groups is 2. The van der Waals surface area contributed by atoms with Crippen LogP contribution in [-0.2, 0) is 37.7 Å². The Kier molecular flexibility index (Phi) is 8.85. The second-order valence-corrected chi connectivity index (χ2v) is 6.85. The molecule has 7 heteroatoms. The van der Waals surface area contributed by atoms with Gasteiger partial charge in [-0.3, -0.25) is 0 Å². The van der Waals surface area contributed by atoms with Crippen LogP contribution in [0.1, 0.15) is 40.5 Å². The minimum absolute atomic E-state index is 0.267. The van der Waals surface area contributed by atoms with Crippen LogP contribution in [0.25, 0.3) is 0 Å². The topological polar surface area (TPSA) is 82.1 Å². The molecule has 0 unspecified atom stereocenters. The molecule has 0 heterocycles. The Hall–Kier alpha value is -0.106. The van der Waals surface area contributed by atoms with Gasteiger partial charge in [-0.25, -0.2) is 0 Å². The molecule has 0 fully saturated rings. The summed E-state index contributed by atoms with van der Waals surface area (Å²) < 4.78 is 25.7. The van der Waals surface area contributed by atoms with E-state index in [1.165, 1.54) is 13.8 Å². The predicted molar refractivity (Wildman–Crippen MR) is 60.9 cm³/mol. The molecule has 0 aromatic rings. The van der Waals surface area contributed by atoms with Gasteiger partial charge in [0.05, 0.1) is 0 Å². The van der Waals surface area contributed by atoms with Crippen molar-refractivity contribution in [3.8, 4) is 0 Å². The number of ketones is 2. The Morgan fingerprint density at radius 2 is 1.44 bits per heavy atom. The fourth-order valence-corrected chi connectivity index (χ4v) is 3.94. The maximum absolute atomic E-state index is 11.3. The minimum atomic E-state index is -4.47. The van der Waals surface area contributed by atoms with Gasteiger partial charge >= 0.3 is 113 Å². The quantitative estimate of drug-likeness (QED) is 0.482. The van der Waals surface area contributed by atoms with Gasteiger partial charge in [0.2, 0.25) is 0 Å². The van der Waals surface area contributed by atoms with Crippen molar-refractivity contribution in [2.75, 3.05) is 13.2 Å². The summed E-state index contributed by atoms with van der Waals surface area (Å²) in [5.74, 6) is -0.932. The zero-order valence-corrected chi connectivity index (χ0v) is 13.0. The normalized spacial score (nSPS) is 11.9. The second kappa shape index (κ2) is 8.90. The van der Waals surface area contributed by atoms with Crippen molar-refractivity contribution in [3.05, 3.63) is 0 Å². The molecule has 0 saturated heterocycles. The molecule has 0 aliphatic rings. The number of hydrogen-bond acceptors (Lipinski definition) is 6. The fraction of sp³-hybridized carbons (Fsp3) is 0.818. The maximum atomic E-state index is 11.3. The van der Waals surface area contributed by atoms with E-state index in [1.54, 1.807) is 0 Å². The molecule has 1 N–H and O–H groups in total. The van der Waals surface area contributed by atoms with Gasteiger partial charge in [0.25, 0.3) is 0 Å². The molecule has 18 heavy (non-hydrogen) atoms. The van der Waals surface area contributed by atoms with Gasteiger partial charge < -0.3 is 0 Å². The van der Waals surface area contributed by atoms with E-state index in [1.807, 2.05) is 13.8 Å². The first kappa shape index (κ1) is 17.9. The number of rotatable bonds is 10. The first-order valence-corrected chi connectivity index (χ1v) is 8.66. The van der Waals surface area contributed by atoms with Crippen molar-refractivity contribution >= 4 is 11.6 Å². The Bertz CT molecular complexity index is 259. The van der Waals surface area contributed by atoms with E-state index in [4.69, 9.17) is 9.96 Å². The van der Waals surface area contributed by atoms with Crippen LogP contribution in [0.15, 0.2) is 0 Å². The van der Waals surface area contributed by atoms with E-state index < -0.39 is 35.8 Å². The van der Waals surface area contributed by atoms with Crippen molar-refractivity contribution < 1.29 is 41.4 Å². The summed E-state index contributed by atoms with van der Waals surface area (Å²) >= 11 is -4.47. The molecule has 0 atom stereocenters. The first-order valence-electron chi connectivity index (χ1n) is 6.05. The zero-order chi connectivity index (χ0) is 14.2. The summed E-state index contributed by atoms with van der Waals surface area (Å²) in [6.45, 7) is 6.74. The summed E-state index contributed by atoms with van der Waals surface area (Å²) in [7, 11) is 0. The van der Waals surface area contributed by atoms with Crippen molar-refractivity contribution in [1.82, 2.24) is 0 Å². The fourth-order valence-electron chi connectivity index (χ4n) is 1.17. The first-order chi connectivity index (χ1) is 8.36. The van der Waals surface area contributed by atoms with Crippen molar-refractivity contribution in [2.45, 2.75) is 46.6 Å². The van der Waals surface area contributed by atoms with Crippen LogP contribution in [0.5, 0.6) is 0 Å². The average molecular weight is 298 g/mol. The summed E-state index contributed by atoms with van der Waals surface area (Å²) in [6, 6.07) is 0. The summed E-state index contributed by atoms with van der Waals surface area (Å²) in [5.41, 5.74) is 0. The van der Waals surface area contributed by atoms with Gasteiger partial charge in [-0.15, -0.1) is 0 Å². The van der Waals surface area contributed by atoms with Gasteiger partial charge in [0.15, 0.2) is 0 Å². The van der Waals surface area contributed by atoms with Gasteiger partial charge in [0.1, 0.15) is 0 Å². The SMILES string of the molecule is CCC[O][Ti]([OH])([O]CCC)[O]C(C(C)=O)C(C)=O. The number of carbonyl (C=O) groups excluding carboxylic acids is 2. The van der Waals surface area contributed by atoms with Gasteiger partial charge in [-0.1, -0.05) is 0 Å². The molecule has 0 spiro atoms. The van der Waals surface area contributed by atoms with Crippen LogP contribution in [0.4, 0.5) is 0 Å². The number of hydrogen-bond donors (Lipinski definition) is 1. The molecule has 0 aromatic heterocycles. The van der Waals surface area contributed by atoms with Gasteiger partial charge in [-0.05, 0) is 0 Å². The van der Waals surface area contributed by atoms with Crippen LogP contribution in [0, 0.1) is 0 Å². The van der Waals surface area contributed by atoms with Crippen molar-refractivity contribution in [2.24, 2.45) is 0 Å². The van der Waals surface area contributed by atoms with Crippen LogP contribution in [0.2, 0.25) is 0 Å². The third kappa shape index (κ3) is 6.73. The molecule has 0 aliphatic carbocycles. The molecule has 0 amide bonds. The molecule has 6 nitrogen and oxygen atoms in total. The standard InChI is InChI=1S/C5H7O3.2C3H7O.H2O.Ti/c1-3(6)5(8)4(2)7;2*1-2-3-4;;/h5H,1-2H3;2*2-3H2,1H3;1H2;/q3*-1;;+4/p-1. The van der Waals surface area contributed by atoms with Gasteiger partial charge in [-0.2, -0.15) is 0 Å². The van der Waals surface area contributed by atoms with E-state index >= 15 is 0 Å². The monoisotopic (exact) mass is 298 g/mol. The molecule has 0 saturated carbocycles. The molecule has 106 valence electrons. The van der Waals surface area contributed by atoms with Crippen molar-refractivity contribution in [1.29, 1.82) is 0 Å². The molecule has 0 aromatic carbocycles. The summed E-state index contributed by atoms with van der Waals surface area (Å²) in [5, 5.41) is 0. The van der Waals surface area contributed by atoms with E-state index in [2.05, 4.69) is 0 Å². The Morgan fingerprint density at radius 3 is 1.72 bits per heavy atom. The van der Waals surface area contributed by atoms with E-state index in [0.29, 0.717) is 12.8 Å². The summed E-state index contributed by atoms with van der Waals surface area (Å²) in [4.78, 5) is 22.5. The predicted octanol–water partition coefficient (Wildman–Crippen LogP) is 1.21. The zero-order valence-electron chi connectivity index (χ0n) is 11.4. The van der Waals surface area contributed by atoms with Crippen LogP contribution < -0.4 is 0 Å². The summed E-state index contributed by atoms with van der Waals surface area (Å²) in [6.07, 6.45) is 0.0535. The van der Waals surface area contributed by atoms with Crippen LogP contribution in [0.3, 0.4) is 0 Å². The van der Waals surface area contributed by atoms with Crippen LogP contribution in [-0.4, -0.2) is 34.6 Å². The van der Waals surface area contributed by atoms with E-state index in [0.717, 1.165) is 0 Å². The molecule has 0 aliphatic heterocycles.